The first-order valence-corrected chi connectivity index (χ1v) is 7.36. The van der Waals surface area contributed by atoms with Gasteiger partial charge in [0.1, 0.15) is 0 Å². The van der Waals surface area contributed by atoms with Gasteiger partial charge in [-0.15, -0.1) is 11.8 Å². The van der Waals surface area contributed by atoms with Gasteiger partial charge in [0.05, 0.1) is 4.92 Å². The maximum Gasteiger partial charge on any atom is 0.269 e. The normalized spacial score (nSPS) is 10.1. The van der Waals surface area contributed by atoms with Crippen LogP contribution in [0.15, 0.2) is 59.5 Å². The van der Waals surface area contributed by atoms with Gasteiger partial charge in [-0.2, -0.15) is 0 Å². The highest BCUT2D eigenvalue weighted by molar-refractivity contribution is 7.99. The van der Waals surface area contributed by atoms with Crippen LogP contribution in [0, 0.1) is 10.1 Å². The monoisotopic (exact) mass is 302 g/mol. The molecule has 0 saturated carbocycles. The molecule has 2 aromatic carbocycles. The number of nitrogens with one attached hydrogen (secondary N) is 1. The van der Waals surface area contributed by atoms with Crippen LogP contribution >= 0.6 is 11.8 Å². The van der Waals surface area contributed by atoms with Gasteiger partial charge in [0.2, 0.25) is 0 Å². The third-order valence-corrected chi connectivity index (χ3v) is 3.75. The molecule has 5 nitrogen and oxygen atoms in total. The zero-order valence-electron chi connectivity index (χ0n) is 11.2. The number of nitro benzene ring substituents is 1. The fourth-order valence-corrected chi connectivity index (χ4v) is 2.48. The SMILES string of the molecule is O=C(NCCSc1ccccc1)c1ccc([N+](=O)[O-])cc1. The molecule has 0 spiro atoms. The van der Waals surface area contributed by atoms with Crippen LogP contribution < -0.4 is 5.32 Å². The van der Waals surface area contributed by atoms with Crippen LogP contribution in [0.2, 0.25) is 0 Å². The second-order valence-electron chi connectivity index (χ2n) is 4.22. The van der Waals surface area contributed by atoms with Gasteiger partial charge >= 0.3 is 0 Å². The summed E-state index contributed by atoms with van der Waals surface area (Å²) in [6.07, 6.45) is 0. The van der Waals surface area contributed by atoms with Crippen molar-refractivity contribution in [2.75, 3.05) is 12.3 Å². The van der Waals surface area contributed by atoms with Crippen molar-refractivity contribution in [1.29, 1.82) is 0 Å². The molecule has 0 atom stereocenters. The zero-order chi connectivity index (χ0) is 15.1. The van der Waals surface area contributed by atoms with E-state index in [1.807, 2.05) is 30.3 Å². The lowest BCUT2D eigenvalue weighted by Crippen LogP contribution is -2.25. The van der Waals surface area contributed by atoms with E-state index < -0.39 is 4.92 Å². The van der Waals surface area contributed by atoms with Crippen LogP contribution in [0.25, 0.3) is 0 Å². The third-order valence-electron chi connectivity index (χ3n) is 2.74. The molecule has 0 radical (unpaired) electrons. The quantitative estimate of drug-likeness (QED) is 0.385. The predicted molar refractivity (Wildman–Crippen MR) is 82.6 cm³/mol. The largest absolute Gasteiger partial charge is 0.351 e. The van der Waals surface area contributed by atoms with Crippen LogP contribution in [-0.4, -0.2) is 23.1 Å². The van der Waals surface area contributed by atoms with Crippen molar-refractivity contribution in [3.05, 3.63) is 70.3 Å². The minimum Gasteiger partial charge on any atom is -0.351 e. The molecule has 6 heteroatoms. The van der Waals surface area contributed by atoms with Crippen molar-refractivity contribution in [1.82, 2.24) is 5.32 Å². The Hall–Kier alpha value is -2.34. The van der Waals surface area contributed by atoms with Gasteiger partial charge in [-0.3, -0.25) is 14.9 Å². The summed E-state index contributed by atoms with van der Waals surface area (Å²) in [5, 5.41) is 13.3. The summed E-state index contributed by atoms with van der Waals surface area (Å²) in [6, 6.07) is 15.5. The number of carbonyl (C=O) groups excluding carboxylic acids is 1. The standard InChI is InChI=1S/C15H14N2O3S/c18-15(12-6-8-13(9-7-12)17(19)20)16-10-11-21-14-4-2-1-3-5-14/h1-9H,10-11H2,(H,16,18). The number of carbonyl (C=O) groups is 1. The Labute approximate surface area is 126 Å². The van der Waals surface area contributed by atoms with Gasteiger partial charge in [0.25, 0.3) is 11.6 Å². The molecule has 1 amide bonds. The van der Waals surface area contributed by atoms with E-state index in [0.717, 1.165) is 10.6 Å². The molecule has 1 N–H and O–H groups in total. The number of hydrogen-bond donors (Lipinski definition) is 1. The molecule has 0 aliphatic heterocycles. The van der Waals surface area contributed by atoms with Crippen LogP contribution in [0.4, 0.5) is 5.69 Å². The van der Waals surface area contributed by atoms with Crippen LogP contribution in [0.5, 0.6) is 0 Å². The fraction of sp³-hybridized carbons (Fsp3) is 0.133. The second kappa shape index (κ2) is 7.44. The first kappa shape index (κ1) is 15.1. The average molecular weight is 302 g/mol. The van der Waals surface area contributed by atoms with E-state index in [1.165, 1.54) is 24.3 Å². The Bertz CT molecular complexity index is 615. The summed E-state index contributed by atoms with van der Waals surface area (Å²) < 4.78 is 0. The number of amides is 1. The highest BCUT2D eigenvalue weighted by Crippen LogP contribution is 2.16. The van der Waals surface area contributed by atoms with Crippen molar-refractivity contribution in [3.8, 4) is 0 Å². The minimum absolute atomic E-state index is 0.0221. The second-order valence-corrected chi connectivity index (χ2v) is 5.39. The van der Waals surface area contributed by atoms with Crippen molar-refractivity contribution >= 4 is 23.4 Å². The van der Waals surface area contributed by atoms with Crippen LogP contribution in [-0.2, 0) is 0 Å². The van der Waals surface area contributed by atoms with E-state index in [2.05, 4.69) is 5.32 Å². The molecule has 0 bridgehead atoms. The average Bonchev–Trinajstić information content (AvgIpc) is 2.52. The van der Waals surface area contributed by atoms with Gasteiger partial charge in [-0.1, -0.05) is 18.2 Å². The first-order valence-electron chi connectivity index (χ1n) is 6.37. The summed E-state index contributed by atoms with van der Waals surface area (Å²) in [5.41, 5.74) is 0.400. The zero-order valence-corrected chi connectivity index (χ0v) is 12.0. The maximum atomic E-state index is 11.8. The van der Waals surface area contributed by atoms with E-state index in [-0.39, 0.29) is 11.6 Å². The number of thioether (sulfide) groups is 1. The number of rotatable bonds is 6. The van der Waals surface area contributed by atoms with E-state index in [9.17, 15) is 14.9 Å². The molecule has 2 aromatic rings. The third kappa shape index (κ3) is 4.61. The molecule has 0 aliphatic rings. The number of nitro groups is 1. The number of hydrogen-bond acceptors (Lipinski definition) is 4. The molecule has 0 aromatic heterocycles. The molecule has 0 aliphatic carbocycles. The smallest absolute Gasteiger partial charge is 0.269 e. The van der Waals surface area contributed by atoms with Crippen molar-refractivity contribution in [3.63, 3.8) is 0 Å². The number of nitrogens with zero attached hydrogens (tertiary/aromatic N) is 1. The first-order chi connectivity index (χ1) is 10.2. The lowest BCUT2D eigenvalue weighted by Gasteiger charge is -2.05. The fourth-order valence-electron chi connectivity index (χ4n) is 1.69. The van der Waals surface area contributed by atoms with Crippen LogP contribution in [0.3, 0.4) is 0 Å². The molecule has 2 rings (SSSR count). The Morgan fingerprint density at radius 3 is 2.38 bits per heavy atom. The minimum atomic E-state index is -0.488. The Balaban J connectivity index is 1.78. The molecule has 108 valence electrons. The highest BCUT2D eigenvalue weighted by Gasteiger charge is 2.08. The Kier molecular flexibility index (Phi) is 5.34. The lowest BCUT2D eigenvalue weighted by atomic mass is 10.2. The van der Waals surface area contributed by atoms with Gasteiger partial charge in [-0.25, -0.2) is 0 Å². The highest BCUT2D eigenvalue weighted by atomic mass is 32.2. The summed E-state index contributed by atoms with van der Waals surface area (Å²) >= 11 is 1.66. The van der Waals surface area contributed by atoms with Crippen molar-refractivity contribution < 1.29 is 9.72 Å². The van der Waals surface area contributed by atoms with E-state index in [1.54, 1.807) is 11.8 Å². The summed E-state index contributed by atoms with van der Waals surface area (Å²) in [7, 11) is 0. The Morgan fingerprint density at radius 2 is 1.76 bits per heavy atom. The lowest BCUT2D eigenvalue weighted by molar-refractivity contribution is -0.384. The molecule has 0 heterocycles. The van der Waals surface area contributed by atoms with Gasteiger partial charge in [-0.05, 0) is 24.3 Å². The van der Waals surface area contributed by atoms with Gasteiger partial charge in [0, 0.05) is 34.9 Å². The topological polar surface area (TPSA) is 72.2 Å². The number of non-ortho nitro benzene ring substituents is 1. The van der Waals surface area contributed by atoms with Crippen LogP contribution in [0.1, 0.15) is 10.4 Å². The number of benzene rings is 2. The van der Waals surface area contributed by atoms with Crippen molar-refractivity contribution in [2.24, 2.45) is 0 Å². The molecule has 0 fully saturated rings. The van der Waals surface area contributed by atoms with Gasteiger partial charge in [0.15, 0.2) is 0 Å². The van der Waals surface area contributed by atoms with E-state index in [4.69, 9.17) is 0 Å². The molecule has 0 saturated heterocycles. The van der Waals surface area contributed by atoms with Gasteiger partial charge < -0.3 is 5.32 Å². The summed E-state index contributed by atoms with van der Waals surface area (Å²) in [6.45, 7) is 0.537. The summed E-state index contributed by atoms with van der Waals surface area (Å²) in [4.78, 5) is 23.0. The molecule has 0 unspecified atom stereocenters. The van der Waals surface area contributed by atoms with E-state index in [0.29, 0.717) is 12.1 Å². The maximum absolute atomic E-state index is 11.8. The molecular formula is C15H14N2O3S. The molecule has 21 heavy (non-hydrogen) atoms. The van der Waals surface area contributed by atoms with Crippen molar-refractivity contribution in [2.45, 2.75) is 4.90 Å². The van der Waals surface area contributed by atoms with E-state index >= 15 is 0 Å². The molecular weight excluding hydrogens is 288 g/mol. The predicted octanol–water partition coefficient (Wildman–Crippen LogP) is 3.12. The summed E-state index contributed by atoms with van der Waals surface area (Å²) in [5.74, 6) is 0.543. The Morgan fingerprint density at radius 1 is 1.10 bits per heavy atom.